The molecule has 3 aliphatic heterocycles. The maximum absolute atomic E-state index is 6.45. The highest BCUT2D eigenvalue weighted by Crippen LogP contribution is 2.43. The molecule has 3 heterocycles. The van der Waals surface area contributed by atoms with Crippen molar-refractivity contribution in [3.8, 4) is 23.0 Å². The van der Waals surface area contributed by atoms with E-state index in [1.54, 1.807) is 0 Å². The zero-order valence-corrected chi connectivity index (χ0v) is 25.3. The van der Waals surface area contributed by atoms with E-state index in [1.165, 1.54) is 25.7 Å². The van der Waals surface area contributed by atoms with E-state index in [2.05, 4.69) is 9.48 Å². The molecule has 0 saturated heterocycles. The summed E-state index contributed by atoms with van der Waals surface area (Å²) in [6.45, 7) is 4.13. The zero-order chi connectivity index (χ0) is 27.6. The average molecular weight is 584 g/mol. The Morgan fingerprint density at radius 1 is 0.625 bits per heavy atom. The lowest BCUT2D eigenvalue weighted by Crippen LogP contribution is -2.33. The summed E-state index contributed by atoms with van der Waals surface area (Å²) in [6.07, 6.45) is 13.6. The van der Waals surface area contributed by atoms with Crippen LogP contribution < -0.4 is 23.8 Å². The summed E-state index contributed by atoms with van der Waals surface area (Å²) in [6, 6.07) is 12.2. The van der Waals surface area contributed by atoms with Crippen molar-refractivity contribution in [1.82, 2.24) is 0 Å². The number of thiocarbonyl (C=S) groups is 1. The number of nitrogens with zero attached hydrogens (tertiary/aromatic N) is 2. The Balaban J connectivity index is 1.65. The largest absolute Gasteiger partial charge is 0.489 e. The lowest BCUT2D eigenvalue weighted by molar-refractivity contribution is -0.428. The molecule has 0 amide bonds. The van der Waals surface area contributed by atoms with Gasteiger partial charge < -0.3 is 18.9 Å². The fourth-order valence-electron chi connectivity index (χ4n) is 5.78. The van der Waals surface area contributed by atoms with Crippen LogP contribution in [0.25, 0.3) is 0 Å². The van der Waals surface area contributed by atoms with Gasteiger partial charge in [0.05, 0.1) is 26.4 Å². The van der Waals surface area contributed by atoms with Crippen LogP contribution >= 0.6 is 24.8 Å². The van der Waals surface area contributed by atoms with Crippen LogP contribution in [0.4, 0.5) is 11.4 Å². The molecule has 0 radical (unpaired) electrons. The summed E-state index contributed by atoms with van der Waals surface area (Å²) < 4.78 is 28.5. The van der Waals surface area contributed by atoms with Crippen LogP contribution in [0.2, 0.25) is 0 Å². The second-order valence-electron chi connectivity index (χ2n) is 10.8. The van der Waals surface area contributed by atoms with Gasteiger partial charge in [-0.15, -0.1) is 12.6 Å². The monoisotopic (exact) mass is 583 g/mol. The summed E-state index contributed by atoms with van der Waals surface area (Å²) in [7, 11) is 0. The van der Waals surface area contributed by atoms with Gasteiger partial charge in [0.2, 0.25) is 11.4 Å². The molecule has 0 N–H and O–H groups in total. The minimum Gasteiger partial charge on any atom is -0.489 e. The molecule has 0 saturated carbocycles. The highest BCUT2D eigenvalue weighted by Gasteiger charge is 2.41. The van der Waals surface area contributed by atoms with Gasteiger partial charge in [-0.1, -0.05) is 75.7 Å². The first kappa shape index (κ1) is 29.1. The molecule has 8 heteroatoms. The molecular formula is C32H43N2O4S2+. The van der Waals surface area contributed by atoms with Crippen molar-refractivity contribution in [2.75, 3.05) is 44.4 Å². The number of anilines is 1. The molecule has 4 bridgehead atoms. The van der Waals surface area contributed by atoms with Crippen molar-refractivity contribution < 1.29 is 23.5 Å². The Bertz CT molecular complexity index is 1130. The van der Waals surface area contributed by atoms with Crippen LogP contribution in [0.1, 0.15) is 77.0 Å². The predicted octanol–water partition coefficient (Wildman–Crippen LogP) is 7.73. The molecule has 0 unspecified atom stereocenters. The number of para-hydroxylation sites is 2. The normalized spacial score (nSPS) is 19.6. The van der Waals surface area contributed by atoms with E-state index >= 15 is 0 Å². The molecular weight excluding hydrogens is 540 g/mol. The van der Waals surface area contributed by atoms with E-state index in [0.29, 0.717) is 43.7 Å². The van der Waals surface area contributed by atoms with Crippen molar-refractivity contribution >= 4 is 46.3 Å². The van der Waals surface area contributed by atoms with E-state index in [0.717, 1.165) is 91.6 Å². The van der Waals surface area contributed by atoms with Crippen molar-refractivity contribution in [2.45, 2.75) is 77.0 Å². The minimum atomic E-state index is 0.509. The topological polar surface area (TPSA) is 43.2 Å². The Morgan fingerprint density at radius 3 is 1.48 bits per heavy atom. The lowest BCUT2D eigenvalue weighted by Gasteiger charge is -2.20. The fourth-order valence-corrected chi connectivity index (χ4v) is 6.24. The van der Waals surface area contributed by atoms with Gasteiger partial charge in [-0.3, -0.25) is 0 Å². The molecule has 40 heavy (non-hydrogen) atoms. The van der Waals surface area contributed by atoms with E-state index in [4.69, 9.17) is 43.8 Å². The maximum atomic E-state index is 6.45. The van der Waals surface area contributed by atoms with Crippen LogP contribution in [0.5, 0.6) is 23.0 Å². The number of hydrogen-bond donors (Lipinski definition) is 1. The third-order valence-electron chi connectivity index (χ3n) is 7.82. The SMILES string of the molecule is S=C(S)C1=[N+]2CCN1c1c3cccc1OCCCCCCCCOc1cccc(c12)OCCCCCCCCO3. The lowest BCUT2D eigenvalue weighted by atomic mass is 10.1. The molecule has 0 aliphatic carbocycles. The summed E-state index contributed by atoms with van der Waals surface area (Å²) in [4.78, 5) is 2.22. The number of benzene rings is 2. The highest BCUT2D eigenvalue weighted by molar-refractivity contribution is 8.13. The summed E-state index contributed by atoms with van der Waals surface area (Å²) >= 11 is 10.6. The Kier molecular flexibility index (Phi) is 10.9. The first-order chi connectivity index (χ1) is 19.7. The van der Waals surface area contributed by atoms with Crippen molar-refractivity contribution in [3.63, 3.8) is 0 Å². The van der Waals surface area contributed by atoms with Gasteiger partial charge in [-0.05, 0) is 49.9 Å². The van der Waals surface area contributed by atoms with Crippen molar-refractivity contribution in [3.05, 3.63) is 36.4 Å². The standard InChI is InChI=1S/C32H42N2O4S2/c39-32(40)31-33-19-20-34(31)30-26-16-14-18-28(30)38-24-12-8-4-3-7-11-23-37-27-17-13-15-25(29(27)33)35-21-9-5-1-2-6-10-22-36-26/h13-18H,1-12,19-24H2/p+1. The van der Waals surface area contributed by atoms with Gasteiger partial charge in [0, 0.05) is 0 Å². The molecule has 5 rings (SSSR count). The predicted molar refractivity (Wildman–Crippen MR) is 169 cm³/mol. The Labute approximate surface area is 250 Å². The van der Waals surface area contributed by atoms with Crippen molar-refractivity contribution in [2.24, 2.45) is 0 Å². The fraction of sp³-hybridized carbons (Fsp3) is 0.562. The molecule has 216 valence electrons. The molecule has 6 nitrogen and oxygen atoms in total. The third kappa shape index (κ3) is 7.24. The number of rotatable bonds is 1. The smallest absolute Gasteiger partial charge is 0.307 e. The summed E-state index contributed by atoms with van der Waals surface area (Å²) in [5.41, 5.74) is 1.84. The maximum Gasteiger partial charge on any atom is 0.307 e. The quantitative estimate of drug-likeness (QED) is 0.211. The molecule has 0 spiro atoms. The average Bonchev–Trinajstić information content (AvgIpc) is 3.39. The van der Waals surface area contributed by atoms with Gasteiger partial charge in [0.25, 0.3) is 0 Å². The van der Waals surface area contributed by atoms with E-state index < -0.39 is 0 Å². The van der Waals surface area contributed by atoms with Gasteiger partial charge in [0.15, 0.2) is 27.2 Å². The highest BCUT2D eigenvalue weighted by atomic mass is 32.1. The molecule has 0 atom stereocenters. The first-order valence-corrected chi connectivity index (χ1v) is 16.0. The van der Waals surface area contributed by atoms with Gasteiger partial charge in [-0.25, -0.2) is 9.48 Å². The van der Waals surface area contributed by atoms with Crippen LogP contribution in [0, 0.1) is 0 Å². The van der Waals surface area contributed by atoms with Crippen LogP contribution in [0.3, 0.4) is 0 Å². The van der Waals surface area contributed by atoms with E-state index in [9.17, 15) is 0 Å². The van der Waals surface area contributed by atoms with Crippen LogP contribution in [-0.4, -0.2) is 54.1 Å². The second kappa shape index (κ2) is 15.0. The van der Waals surface area contributed by atoms with Gasteiger partial charge in [-0.2, -0.15) is 0 Å². The second-order valence-corrected chi connectivity index (χ2v) is 11.9. The zero-order valence-electron chi connectivity index (χ0n) is 23.6. The molecule has 2 aromatic rings. The molecule has 3 aliphatic rings. The van der Waals surface area contributed by atoms with E-state index in [-0.39, 0.29) is 0 Å². The summed E-state index contributed by atoms with van der Waals surface area (Å²) in [5, 5.41) is 0. The Hall–Kier alpha value is -2.45. The van der Waals surface area contributed by atoms with E-state index in [1.807, 2.05) is 36.4 Å². The van der Waals surface area contributed by atoms with Crippen LogP contribution in [-0.2, 0) is 0 Å². The summed E-state index contributed by atoms with van der Waals surface area (Å²) in [5.74, 6) is 4.12. The van der Waals surface area contributed by atoms with Gasteiger partial charge >= 0.3 is 5.84 Å². The minimum absolute atomic E-state index is 0.509. The number of ether oxygens (including phenoxy) is 4. The van der Waals surface area contributed by atoms with Crippen LogP contribution in [0.15, 0.2) is 36.4 Å². The molecule has 0 fully saturated rings. The molecule has 0 aromatic heterocycles. The van der Waals surface area contributed by atoms with Gasteiger partial charge in [0.1, 0.15) is 13.1 Å². The Morgan fingerprint density at radius 2 is 1.02 bits per heavy atom. The number of amidine groups is 1. The molecule has 2 aromatic carbocycles. The first-order valence-electron chi connectivity index (χ1n) is 15.2. The number of thiol groups is 1. The number of hydrogen-bond acceptors (Lipinski definition) is 6. The third-order valence-corrected chi connectivity index (χ3v) is 8.20. The van der Waals surface area contributed by atoms with Crippen molar-refractivity contribution in [1.29, 1.82) is 0 Å².